The fourth-order valence-corrected chi connectivity index (χ4v) is 5.18. The molecule has 0 aliphatic carbocycles. The van der Waals surface area contributed by atoms with Gasteiger partial charge < -0.3 is 10.1 Å². The lowest BCUT2D eigenvalue weighted by Crippen LogP contribution is -2.70. The number of esters is 1. The van der Waals surface area contributed by atoms with Gasteiger partial charge in [-0.2, -0.15) is 0 Å². The quantitative estimate of drug-likeness (QED) is 0.410. The molecule has 8 heteroatoms. The molecule has 1 saturated heterocycles. The highest BCUT2D eigenvalue weighted by Gasteiger charge is 2.54. The van der Waals surface area contributed by atoms with E-state index in [0.29, 0.717) is 16.8 Å². The van der Waals surface area contributed by atoms with Crippen molar-refractivity contribution in [2.45, 2.75) is 44.2 Å². The minimum absolute atomic E-state index is 0.209. The number of ether oxygens (including phenoxy) is 1. The number of hydrogen-bond acceptors (Lipinski definition) is 5. The number of nitrogens with zero attached hydrogens (tertiary/aromatic N) is 1. The largest absolute Gasteiger partial charge is 0.455 e. The van der Waals surface area contributed by atoms with Crippen LogP contribution in [0.25, 0.3) is 0 Å². The summed E-state index contributed by atoms with van der Waals surface area (Å²) >= 11 is 4.94. The predicted molar refractivity (Wildman–Crippen MR) is 112 cm³/mol. The summed E-state index contributed by atoms with van der Waals surface area (Å²) in [6.07, 6.45) is 0.212. The normalized spacial score (nSPS) is 21.7. The number of rotatable bonds is 5. The van der Waals surface area contributed by atoms with Gasteiger partial charge >= 0.3 is 5.97 Å². The first-order valence-electron chi connectivity index (χ1n) is 9.00. The Labute approximate surface area is 177 Å². The smallest absolute Gasteiger partial charge is 0.355 e. The number of hydrogen-bond donors (Lipinski definition) is 1. The van der Waals surface area contributed by atoms with Crippen LogP contribution in [-0.2, 0) is 25.5 Å². The van der Waals surface area contributed by atoms with Crippen LogP contribution < -0.4 is 5.32 Å². The Hall–Kier alpha value is -1.80. The molecule has 150 valence electrons. The molecule has 1 aromatic carbocycles. The number of thioether (sulfide) groups is 1. The molecule has 1 aromatic rings. The second-order valence-electron chi connectivity index (χ2n) is 7.71. The second-order valence-corrected chi connectivity index (χ2v) is 9.37. The van der Waals surface area contributed by atoms with Crippen molar-refractivity contribution in [1.82, 2.24) is 10.2 Å². The monoisotopic (exact) mass is 466 g/mol. The van der Waals surface area contributed by atoms with Crippen LogP contribution in [0, 0.1) is 0 Å². The summed E-state index contributed by atoms with van der Waals surface area (Å²) in [5.74, 6) is -0.397. The Kier molecular flexibility index (Phi) is 6.19. The fourth-order valence-electron chi connectivity index (χ4n) is 3.11. The van der Waals surface area contributed by atoms with E-state index in [4.69, 9.17) is 4.74 Å². The van der Waals surface area contributed by atoms with E-state index in [2.05, 4.69) is 21.2 Å². The molecule has 28 heavy (non-hydrogen) atoms. The van der Waals surface area contributed by atoms with Crippen molar-refractivity contribution in [2.75, 3.05) is 11.1 Å². The van der Waals surface area contributed by atoms with Gasteiger partial charge in [-0.05, 0) is 31.9 Å². The van der Waals surface area contributed by atoms with Crippen LogP contribution in [-0.4, -0.2) is 50.8 Å². The molecule has 0 bridgehead atoms. The number of benzene rings is 1. The lowest BCUT2D eigenvalue weighted by Gasteiger charge is -2.50. The molecule has 0 unspecified atom stereocenters. The zero-order valence-corrected chi connectivity index (χ0v) is 18.4. The van der Waals surface area contributed by atoms with E-state index in [-0.39, 0.29) is 23.6 Å². The maximum Gasteiger partial charge on any atom is 0.355 e. The van der Waals surface area contributed by atoms with Gasteiger partial charge in [-0.25, -0.2) is 4.79 Å². The van der Waals surface area contributed by atoms with Gasteiger partial charge in [0.05, 0.1) is 6.42 Å². The molecule has 0 spiro atoms. The summed E-state index contributed by atoms with van der Waals surface area (Å²) in [4.78, 5) is 39.3. The highest BCUT2D eigenvalue weighted by Crippen LogP contribution is 2.41. The van der Waals surface area contributed by atoms with Crippen molar-refractivity contribution in [3.63, 3.8) is 0 Å². The first kappa shape index (κ1) is 20.9. The molecule has 2 heterocycles. The van der Waals surface area contributed by atoms with Crippen molar-refractivity contribution < 1.29 is 19.1 Å². The predicted octanol–water partition coefficient (Wildman–Crippen LogP) is 2.62. The van der Waals surface area contributed by atoms with Gasteiger partial charge in [-0.3, -0.25) is 14.5 Å². The summed E-state index contributed by atoms with van der Waals surface area (Å²) in [7, 11) is 0. The summed E-state index contributed by atoms with van der Waals surface area (Å²) in [5.41, 5.74) is 1.35. The molecule has 6 nitrogen and oxygen atoms in total. The lowest BCUT2D eigenvalue weighted by atomic mass is 10.0. The summed E-state index contributed by atoms with van der Waals surface area (Å²) < 4.78 is 5.50. The van der Waals surface area contributed by atoms with Gasteiger partial charge in [0.15, 0.2) is 0 Å². The maximum atomic E-state index is 12.8. The fraction of sp³-hybridized carbons (Fsp3) is 0.450. The van der Waals surface area contributed by atoms with Gasteiger partial charge in [0.1, 0.15) is 22.7 Å². The van der Waals surface area contributed by atoms with Crippen molar-refractivity contribution in [2.24, 2.45) is 0 Å². The van der Waals surface area contributed by atoms with Crippen LogP contribution in [0.4, 0.5) is 0 Å². The number of alkyl halides is 1. The Morgan fingerprint density at radius 3 is 2.57 bits per heavy atom. The van der Waals surface area contributed by atoms with Crippen LogP contribution in [0.1, 0.15) is 26.3 Å². The zero-order chi connectivity index (χ0) is 20.5. The van der Waals surface area contributed by atoms with E-state index in [1.54, 1.807) is 20.8 Å². The second kappa shape index (κ2) is 8.29. The third-order valence-electron chi connectivity index (χ3n) is 4.32. The van der Waals surface area contributed by atoms with Gasteiger partial charge in [0.25, 0.3) is 5.91 Å². The first-order valence-corrected chi connectivity index (χ1v) is 11.2. The van der Waals surface area contributed by atoms with E-state index in [1.807, 2.05) is 30.3 Å². The Morgan fingerprint density at radius 2 is 1.96 bits per heavy atom. The van der Waals surface area contributed by atoms with Crippen LogP contribution in [0.5, 0.6) is 0 Å². The van der Waals surface area contributed by atoms with E-state index in [1.165, 1.54) is 16.7 Å². The first-order chi connectivity index (χ1) is 13.2. The number of carbonyl (C=O) groups is 3. The topological polar surface area (TPSA) is 75.7 Å². The lowest BCUT2D eigenvalue weighted by molar-refractivity contribution is -0.159. The number of carbonyl (C=O) groups excluding carboxylic acids is 3. The van der Waals surface area contributed by atoms with Gasteiger partial charge in [0, 0.05) is 11.1 Å². The molecule has 0 aromatic heterocycles. The van der Waals surface area contributed by atoms with E-state index >= 15 is 0 Å². The van der Waals surface area contributed by atoms with Crippen molar-refractivity contribution in [3.05, 3.63) is 47.2 Å². The Morgan fingerprint density at radius 1 is 1.29 bits per heavy atom. The molecule has 1 fully saturated rings. The highest BCUT2D eigenvalue weighted by molar-refractivity contribution is 9.09. The van der Waals surface area contributed by atoms with Crippen molar-refractivity contribution in [3.8, 4) is 0 Å². The van der Waals surface area contributed by atoms with Crippen molar-refractivity contribution in [1.29, 1.82) is 0 Å². The summed E-state index contributed by atoms with van der Waals surface area (Å²) in [6.45, 7) is 5.37. The average molecular weight is 467 g/mol. The molecule has 2 atom stereocenters. The molecule has 2 aliphatic heterocycles. The molecule has 2 aliphatic rings. The van der Waals surface area contributed by atoms with E-state index in [9.17, 15) is 14.4 Å². The van der Waals surface area contributed by atoms with Crippen LogP contribution >= 0.6 is 27.7 Å². The standard InChI is InChI=1S/C20H23BrN2O4S/c1-20(2,3)27-19(26)16-13(10-21)11-28-18-15(17(25)23(16)18)22-14(24)9-12-7-5-4-6-8-12/h4-8,15,18H,9-11H2,1-3H3,(H,22,24)/t15-,18+/m1/s1. The van der Waals surface area contributed by atoms with Crippen LogP contribution in [0.3, 0.4) is 0 Å². The third-order valence-corrected chi connectivity index (χ3v) is 6.34. The molecular weight excluding hydrogens is 444 g/mol. The van der Waals surface area contributed by atoms with Crippen molar-refractivity contribution >= 4 is 45.5 Å². The van der Waals surface area contributed by atoms with Gasteiger partial charge in [-0.15, -0.1) is 11.8 Å². The molecular formula is C20H23BrN2O4S. The molecule has 2 amide bonds. The Balaban J connectivity index is 1.71. The number of fused-ring (bicyclic) bond motifs is 1. The molecule has 3 rings (SSSR count). The number of nitrogens with one attached hydrogen (secondary N) is 1. The van der Waals surface area contributed by atoms with E-state index in [0.717, 1.165) is 11.1 Å². The number of halogens is 1. The third kappa shape index (κ3) is 4.43. The molecule has 1 N–H and O–H groups in total. The summed E-state index contributed by atoms with van der Waals surface area (Å²) in [6, 6.07) is 8.74. The highest BCUT2D eigenvalue weighted by atomic mass is 79.9. The minimum atomic E-state index is -0.654. The summed E-state index contributed by atoms with van der Waals surface area (Å²) in [5, 5.41) is 3.01. The zero-order valence-electron chi connectivity index (χ0n) is 16.0. The van der Waals surface area contributed by atoms with Crippen LogP contribution in [0.2, 0.25) is 0 Å². The average Bonchev–Trinajstić information content (AvgIpc) is 2.64. The number of β-lactam (4-membered cyclic amide) rings is 1. The van der Waals surface area contributed by atoms with Crippen LogP contribution in [0.15, 0.2) is 41.6 Å². The van der Waals surface area contributed by atoms with Gasteiger partial charge in [0.2, 0.25) is 5.91 Å². The van der Waals surface area contributed by atoms with E-state index < -0.39 is 17.6 Å². The SMILES string of the molecule is CC(C)(C)OC(=O)C1=C(CBr)CS[C@H]2[C@H](NC(=O)Cc3ccccc3)C(=O)N12. The molecule has 0 saturated carbocycles. The minimum Gasteiger partial charge on any atom is -0.455 e. The molecule has 0 radical (unpaired) electrons. The number of amides is 2. The maximum absolute atomic E-state index is 12.8. The van der Waals surface area contributed by atoms with Gasteiger partial charge in [-0.1, -0.05) is 46.3 Å². The Bertz CT molecular complexity index is 819.